The fraction of sp³-hybridized carbons (Fsp3) is 0.438. The van der Waals surface area contributed by atoms with Crippen molar-refractivity contribution in [3.63, 3.8) is 0 Å². The van der Waals surface area contributed by atoms with E-state index in [4.69, 9.17) is 21.7 Å². The van der Waals surface area contributed by atoms with Gasteiger partial charge in [0.1, 0.15) is 18.4 Å². The van der Waals surface area contributed by atoms with Crippen LogP contribution in [0.15, 0.2) is 12.1 Å². The van der Waals surface area contributed by atoms with Crippen LogP contribution in [0.2, 0.25) is 0 Å². The quantitative estimate of drug-likeness (QED) is 0.786. The van der Waals surface area contributed by atoms with E-state index in [1.807, 2.05) is 6.92 Å². The van der Waals surface area contributed by atoms with Crippen molar-refractivity contribution in [1.82, 2.24) is 5.32 Å². The smallest absolute Gasteiger partial charge is 0.414 e. The van der Waals surface area contributed by atoms with Crippen molar-refractivity contribution in [1.29, 1.82) is 0 Å². The highest BCUT2D eigenvalue weighted by atomic mass is 32.1. The lowest BCUT2D eigenvalue weighted by molar-refractivity contribution is 0.143. The van der Waals surface area contributed by atoms with Gasteiger partial charge in [0.15, 0.2) is 11.6 Å². The highest BCUT2D eigenvalue weighted by molar-refractivity contribution is 7.80. The molecule has 10 heteroatoms. The van der Waals surface area contributed by atoms with Gasteiger partial charge in [-0.05, 0) is 6.42 Å². The average molecular weight is 385 g/mol. The molecule has 1 unspecified atom stereocenters. The van der Waals surface area contributed by atoms with E-state index in [9.17, 15) is 18.4 Å². The first-order chi connectivity index (χ1) is 12.4. The molecule has 140 valence electrons. The summed E-state index contributed by atoms with van der Waals surface area (Å²) in [5, 5.41) is 2.96. The molecule has 7 nitrogen and oxygen atoms in total. The molecule has 0 bridgehead atoms. The molecular weight excluding hydrogens is 368 g/mol. The van der Waals surface area contributed by atoms with E-state index < -0.39 is 35.6 Å². The lowest BCUT2D eigenvalue weighted by Crippen LogP contribution is -2.33. The summed E-state index contributed by atoms with van der Waals surface area (Å²) >= 11 is 5.05. The second-order valence-corrected chi connectivity index (χ2v) is 6.29. The molecule has 0 spiro atoms. The molecule has 2 aliphatic rings. The number of hydrogen-bond donors (Lipinski definition) is 1. The number of halogens is 2. The number of benzene rings is 1. The van der Waals surface area contributed by atoms with Crippen LogP contribution in [0.4, 0.5) is 29.7 Å². The summed E-state index contributed by atoms with van der Waals surface area (Å²) < 4.78 is 38.7. The lowest BCUT2D eigenvalue weighted by atomic mass is 10.2. The Morgan fingerprint density at radius 2 is 1.96 bits per heavy atom. The van der Waals surface area contributed by atoms with Gasteiger partial charge in [0.05, 0.1) is 30.3 Å². The predicted molar refractivity (Wildman–Crippen MR) is 93.6 cm³/mol. The number of cyclic esters (lactones) is 2. The molecule has 2 saturated heterocycles. The Morgan fingerprint density at radius 1 is 1.27 bits per heavy atom. The number of nitrogens with zero attached hydrogens (tertiary/aromatic N) is 2. The second kappa shape index (κ2) is 7.40. The average Bonchev–Trinajstić information content (AvgIpc) is 3.18. The maximum absolute atomic E-state index is 14.4. The van der Waals surface area contributed by atoms with Gasteiger partial charge in [0.25, 0.3) is 0 Å². The van der Waals surface area contributed by atoms with Crippen LogP contribution in [-0.2, 0) is 9.47 Å². The monoisotopic (exact) mass is 385 g/mol. The molecule has 1 aromatic carbocycles. The summed E-state index contributed by atoms with van der Waals surface area (Å²) in [6.45, 7) is 2.46. The minimum Gasteiger partial charge on any atom is -0.447 e. The first-order valence-corrected chi connectivity index (χ1v) is 8.49. The molecule has 0 radical (unpaired) electrons. The summed E-state index contributed by atoms with van der Waals surface area (Å²) in [6, 6.07) is 2.00. The van der Waals surface area contributed by atoms with E-state index in [0.29, 0.717) is 18.0 Å². The van der Waals surface area contributed by atoms with Crippen molar-refractivity contribution >= 4 is 40.8 Å². The van der Waals surface area contributed by atoms with E-state index in [1.54, 1.807) is 0 Å². The van der Waals surface area contributed by atoms with Crippen molar-refractivity contribution in [2.24, 2.45) is 0 Å². The molecule has 26 heavy (non-hydrogen) atoms. The summed E-state index contributed by atoms with van der Waals surface area (Å²) in [6.07, 6.45) is -1.34. The molecule has 2 heterocycles. The Morgan fingerprint density at radius 3 is 2.54 bits per heavy atom. The Labute approximate surface area is 153 Å². The van der Waals surface area contributed by atoms with E-state index in [-0.39, 0.29) is 25.4 Å². The van der Waals surface area contributed by atoms with Crippen LogP contribution in [-0.4, -0.2) is 49.5 Å². The zero-order valence-corrected chi connectivity index (χ0v) is 14.8. The van der Waals surface area contributed by atoms with Crippen molar-refractivity contribution < 1.29 is 27.8 Å². The SMILES string of the molecule is CCC(=S)NCC1CN(c2cc(F)c(N3CCOC3=O)c(F)c2)C(=O)O1. The van der Waals surface area contributed by atoms with Crippen LogP contribution in [0.5, 0.6) is 0 Å². The third kappa shape index (κ3) is 3.55. The van der Waals surface area contributed by atoms with Gasteiger partial charge in [-0.3, -0.25) is 9.80 Å². The Balaban J connectivity index is 1.76. The minimum absolute atomic E-state index is 0.0156. The normalized spacial score (nSPS) is 19.6. The van der Waals surface area contributed by atoms with Crippen molar-refractivity contribution in [2.75, 3.05) is 36.0 Å². The highest BCUT2D eigenvalue weighted by Crippen LogP contribution is 2.32. The van der Waals surface area contributed by atoms with Gasteiger partial charge in [-0.2, -0.15) is 0 Å². The first kappa shape index (κ1) is 18.3. The summed E-state index contributed by atoms with van der Waals surface area (Å²) in [4.78, 5) is 26.2. The molecule has 0 aliphatic carbocycles. The topological polar surface area (TPSA) is 71.1 Å². The number of carbonyl (C=O) groups is 2. The van der Waals surface area contributed by atoms with Gasteiger partial charge in [-0.25, -0.2) is 18.4 Å². The fourth-order valence-electron chi connectivity index (χ4n) is 2.75. The zero-order valence-electron chi connectivity index (χ0n) is 14.0. The third-order valence-electron chi connectivity index (χ3n) is 4.07. The zero-order chi connectivity index (χ0) is 18.8. The number of hydrogen-bond acceptors (Lipinski definition) is 5. The molecular formula is C16H17F2N3O4S. The number of rotatable bonds is 5. The van der Waals surface area contributed by atoms with Crippen molar-refractivity contribution in [2.45, 2.75) is 19.4 Å². The van der Waals surface area contributed by atoms with Crippen LogP contribution in [0.25, 0.3) is 0 Å². The number of nitrogens with one attached hydrogen (secondary N) is 1. The van der Waals surface area contributed by atoms with Crippen molar-refractivity contribution in [3.8, 4) is 0 Å². The first-order valence-electron chi connectivity index (χ1n) is 8.09. The van der Waals surface area contributed by atoms with Gasteiger partial charge in [-0.1, -0.05) is 19.1 Å². The largest absolute Gasteiger partial charge is 0.447 e. The minimum atomic E-state index is -0.958. The van der Waals surface area contributed by atoms with Crippen LogP contribution in [0, 0.1) is 11.6 Å². The Hall–Kier alpha value is -2.49. The molecule has 1 atom stereocenters. The van der Waals surface area contributed by atoms with Crippen LogP contribution >= 0.6 is 12.2 Å². The van der Waals surface area contributed by atoms with Crippen LogP contribution < -0.4 is 15.1 Å². The van der Waals surface area contributed by atoms with Gasteiger partial charge < -0.3 is 14.8 Å². The molecule has 0 aromatic heterocycles. The summed E-state index contributed by atoms with van der Waals surface area (Å²) in [7, 11) is 0. The fourth-order valence-corrected chi connectivity index (χ4v) is 2.84. The molecule has 1 aromatic rings. The Bertz CT molecular complexity index is 738. The standard InChI is InChI=1S/C16H17F2N3O4S/c1-2-13(26)19-7-10-8-21(16(23)25-10)9-5-11(17)14(12(18)6-9)20-3-4-24-15(20)22/h5-6,10H,2-4,7-8H2,1H3,(H,19,26). The summed E-state index contributed by atoms with van der Waals surface area (Å²) in [5.41, 5.74) is -0.475. The van der Waals surface area contributed by atoms with Gasteiger partial charge >= 0.3 is 12.2 Å². The van der Waals surface area contributed by atoms with Crippen LogP contribution in [0.1, 0.15) is 13.3 Å². The van der Waals surface area contributed by atoms with E-state index in [1.165, 1.54) is 0 Å². The third-order valence-corrected chi connectivity index (χ3v) is 4.50. The molecule has 1 N–H and O–H groups in total. The maximum atomic E-state index is 14.4. The number of thiocarbonyl (C=S) groups is 1. The predicted octanol–water partition coefficient (Wildman–Crippen LogP) is 2.57. The van der Waals surface area contributed by atoms with Gasteiger partial charge in [0, 0.05) is 12.1 Å². The number of amides is 2. The Kier molecular flexibility index (Phi) is 5.21. The second-order valence-electron chi connectivity index (χ2n) is 5.80. The van der Waals surface area contributed by atoms with E-state index >= 15 is 0 Å². The molecule has 3 rings (SSSR count). The van der Waals surface area contributed by atoms with Crippen molar-refractivity contribution in [3.05, 3.63) is 23.8 Å². The molecule has 2 aliphatic heterocycles. The van der Waals surface area contributed by atoms with E-state index in [2.05, 4.69) is 5.32 Å². The molecule has 2 amide bonds. The van der Waals surface area contributed by atoms with Gasteiger partial charge in [0.2, 0.25) is 0 Å². The van der Waals surface area contributed by atoms with E-state index in [0.717, 1.165) is 21.9 Å². The van der Waals surface area contributed by atoms with Gasteiger partial charge in [-0.15, -0.1) is 0 Å². The lowest BCUT2D eigenvalue weighted by Gasteiger charge is -2.18. The molecule has 2 fully saturated rings. The maximum Gasteiger partial charge on any atom is 0.414 e. The van der Waals surface area contributed by atoms with Crippen LogP contribution in [0.3, 0.4) is 0 Å². The highest BCUT2D eigenvalue weighted by Gasteiger charge is 2.35. The number of ether oxygens (including phenoxy) is 2. The number of carbonyl (C=O) groups excluding carboxylic acids is 2. The number of anilines is 2. The molecule has 0 saturated carbocycles. The summed E-state index contributed by atoms with van der Waals surface area (Å²) in [5.74, 6) is -1.92.